The molecule has 4 nitrogen and oxygen atoms in total. The van der Waals surface area contributed by atoms with Crippen LogP contribution >= 0.6 is 0 Å². The van der Waals surface area contributed by atoms with E-state index < -0.39 is 5.95 Å². The van der Waals surface area contributed by atoms with E-state index in [2.05, 4.69) is 10.3 Å². The van der Waals surface area contributed by atoms with E-state index in [0.717, 1.165) is 25.7 Å². The van der Waals surface area contributed by atoms with E-state index in [-0.39, 0.29) is 11.3 Å². The van der Waals surface area contributed by atoms with Crippen LogP contribution < -0.4 is 11.1 Å². The number of hydrogen-bond acceptors (Lipinski definition) is 3. The van der Waals surface area contributed by atoms with Crippen molar-refractivity contribution >= 4 is 11.6 Å². The third-order valence-electron chi connectivity index (χ3n) is 3.89. The number of anilines is 1. The molecule has 1 aliphatic carbocycles. The van der Waals surface area contributed by atoms with Crippen molar-refractivity contribution in [2.45, 2.75) is 38.5 Å². The summed E-state index contributed by atoms with van der Waals surface area (Å²) in [6, 6.07) is 2.74. The average Bonchev–Trinajstić information content (AvgIpc) is 2.42. The smallest absolute Gasteiger partial charge is 0.225 e. The molecule has 1 aromatic rings. The number of nitrogens with zero attached hydrogens (tertiary/aromatic N) is 1. The molecule has 1 fully saturated rings. The highest BCUT2D eigenvalue weighted by Crippen LogP contribution is 2.38. The molecular formula is C14H20FN3O. The van der Waals surface area contributed by atoms with Crippen molar-refractivity contribution in [2.24, 2.45) is 11.1 Å². The summed E-state index contributed by atoms with van der Waals surface area (Å²) >= 11 is 0. The van der Waals surface area contributed by atoms with Gasteiger partial charge in [0.1, 0.15) is 0 Å². The average molecular weight is 265 g/mol. The van der Waals surface area contributed by atoms with E-state index >= 15 is 0 Å². The van der Waals surface area contributed by atoms with Crippen LogP contribution in [0.5, 0.6) is 0 Å². The molecule has 1 amide bonds. The van der Waals surface area contributed by atoms with Crippen LogP contribution in [-0.2, 0) is 4.79 Å². The number of carbonyl (C=O) groups is 1. The molecule has 104 valence electrons. The second-order valence-corrected chi connectivity index (χ2v) is 5.36. The monoisotopic (exact) mass is 265 g/mol. The quantitative estimate of drug-likeness (QED) is 0.822. The van der Waals surface area contributed by atoms with Crippen LogP contribution in [0.25, 0.3) is 0 Å². The zero-order chi connectivity index (χ0) is 13.7. The minimum absolute atomic E-state index is 0.0597. The van der Waals surface area contributed by atoms with Crippen LogP contribution in [0.1, 0.15) is 38.5 Å². The van der Waals surface area contributed by atoms with Crippen LogP contribution in [0.15, 0.2) is 18.3 Å². The standard InChI is InChI=1S/C14H20FN3O/c15-12-5-4-11(9-17-12)18-13(19)8-14(10-16)6-2-1-3-7-14/h4-5,9H,1-3,6-8,10,16H2,(H,18,19). The van der Waals surface area contributed by atoms with E-state index in [1.54, 1.807) is 0 Å². The number of halogens is 1. The summed E-state index contributed by atoms with van der Waals surface area (Å²) in [5.41, 5.74) is 6.32. The number of aromatic nitrogens is 1. The van der Waals surface area contributed by atoms with Crippen LogP contribution in [0, 0.1) is 11.4 Å². The summed E-state index contributed by atoms with van der Waals surface area (Å²) in [4.78, 5) is 15.6. The fourth-order valence-corrected chi connectivity index (χ4v) is 2.75. The van der Waals surface area contributed by atoms with Gasteiger partial charge in [0, 0.05) is 6.42 Å². The van der Waals surface area contributed by atoms with Crippen molar-refractivity contribution < 1.29 is 9.18 Å². The van der Waals surface area contributed by atoms with Gasteiger partial charge in [-0.25, -0.2) is 4.98 Å². The van der Waals surface area contributed by atoms with Gasteiger partial charge in [-0.3, -0.25) is 4.79 Å². The van der Waals surface area contributed by atoms with E-state index in [4.69, 9.17) is 5.73 Å². The van der Waals surface area contributed by atoms with E-state index in [0.29, 0.717) is 18.7 Å². The molecule has 0 radical (unpaired) electrons. The largest absolute Gasteiger partial charge is 0.330 e. The molecular weight excluding hydrogens is 245 g/mol. The normalized spacial score (nSPS) is 18.0. The van der Waals surface area contributed by atoms with Gasteiger partial charge in [-0.1, -0.05) is 19.3 Å². The first-order valence-electron chi connectivity index (χ1n) is 6.75. The maximum absolute atomic E-state index is 12.7. The number of hydrogen-bond donors (Lipinski definition) is 2. The topological polar surface area (TPSA) is 68.0 Å². The van der Waals surface area contributed by atoms with Gasteiger partial charge in [0.15, 0.2) is 0 Å². The van der Waals surface area contributed by atoms with E-state index in [1.165, 1.54) is 24.8 Å². The SMILES string of the molecule is NCC1(CC(=O)Nc2ccc(F)nc2)CCCCC1. The van der Waals surface area contributed by atoms with Crippen molar-refractivity contribution in [3.05, 3.63) is 24.3 Å². The number of carbonyl (C=O) groups excluding carboxylic acids is 1. The highest BCUT2D eigenvalue weighted by Gasteiger charge is 2.32. The van der Waals surface area contributed by atoms with Gasteiger partial charge in [-0.2, -0.15) is 4.39 Å². The Morgan fingerprint density at radius 2 is 2.11 bits per heavy atom. The number of nitrogens with two attached hydrogens (primary N) is 1. The van der Waals surface area contributed by atoms with Gasteiger partial charge in [0.2, 0.25) is 11.9 Å². The molecule has 1 saturated carbocycles. The molecule has 19 heavy (non-hydrogen) atoms. The van der Waals surface area contributed by atoms with Crippen molar-refractivity contribution in [3.8, 4) is 0 Å². The van der Waals surface area contributed by atoms with Crippen molar-refractivity contribution in [2.75, 3.05) is 11.9 Å². The lowest BCUT2D eigenvalue weighted by atomic mass is 9.71. The minimum Gasteiger partial charge on any atom is -0.330 e. The van der Waals surface area contributed by atoms with Crippen molar-refractivity contribution in [1.29, 1.82) is 0 Å². The molecule has 5 heteroatoms. The van der Waals surface area contributed by atoms with Gasteiger partial charge < -0.3 is 11.1 Å². The Bertz CT molecular complexity index is 427. The number of pyridine rings is 1. The number of rotatable bonds is 4. The predicted molar refractivity (Wildman–Crippen MR) is 72.0 cm³/mol. The first kappa shape index (κ1) is 13.9. The van der Waals surface area contributed by atoms with Gasteiger partial charge in [0.05, 0.1) is 11.9 Å². The number of nitrogens with one attached hydrogen (secondary N) is 1. The third-order valence-corrected chi connectivity index (χ3v) is 3.89. The molecule has 0 unspecified atom stereocenters. The second-order valence-electron chi connectivity index (χ2n) is 5.36. The lowest BCUT2D eigenvalue weighted by Crippen LogP contribution is -2.36. The summed E-state index contributed by atoms with van der Waals surface area (Å²) in [6.45, 7) is 0.544. The maximum atomic E-state index is 12.7. The Labute approximate surface area is 112 Å². The summed E-state index contributed by atoms with van der Waals surface area (Å²) in [7, 11) is 0. The minimum atomic E-state index is -0.552. The summed E-state index contributed by atoms with van der Waals surface area (Å²) in [5.74, 6) is -0.621. The predicted octanol–water partition coefficient (Wildman–Crippen LogP) is 2.46. The summed E-state index contributed by atoms with van der Waals surface area (Å²) in [5, 5.41) is 2.75. The van der Waals surface area contributed by atoms with Crippen LogP contribution in [0.3, 0.4) is 0 Å². The Hall–Kier alpha value is -1.49. The van der Waals surface area contributed by atoms with Gasteiger partial charge in [-0.15, -0.1) is 0 Å². The highest BCUT2D eigenvalue weighted by atomic mass is 19.1. The van der Waals surface area contributed by atoms with E-state index in [1.807, 2.05) is 0 Å². The van der Waals surface area contributed by atoms with Crippen LogP contribution in [0.4, 0.5) is 10.1 Å². The molecule has 1 heterocycles. The second kappa shape index (κ2) is 6.10. The Kier molecular flexibility index (Phi) is 4.47. The van der Waals surface area contributed by atoms with E-state index in [9.17, 15) is 9.18 Å². The molecule has 0 aromatic carbocycles. The van der Waals surface area contributed by atoms with Crippen LogP contribution in [0.2, 0.25) is 0 Å². The Morgan fingerprint density at radius 1 is 1.37 bits per heavy atom. The van der Waals surface area contributed by atoms with Crippen LogP contribution in [-0.4, -0.2) is 17.4 Å². The fraction of sp³-hybridized carbons (Fsp3) is 0.571. The molecule has 0 spiro atoms. The van der Waals surface area contributed by atoms with Gasteiger partial charge in [0.25, 0.3) is 0 Å². The van der Waals surface area contributed by atoms with Crippen molar-refractivity contribution in [1.82, 2.24) is 4.98 Å². The molecule has 1 aliphatic rings. The first-order valence-corrected chi connectivity index (χ1v) is 6.75. The first-order chi connectivity index (χ1) is 9.13. The maximum Gasteiger partial charge on any atom is 0.225 e. The molecule has 0 bridgehead atoms. The van der Waals surface area contributed by atoms with Gasteiger partial charge in [-0.05, 0) is 36.9 Å². The molecule has 0 atom stereocenters. The molecule has 0 saturated heterocycles. The Balaban J connectivity index is 1.94. The molecule has 3 N–H and O–H groups in total. The number of amides is 1. The molecule has 1 aromatic heterocycles. The lowest BCUT2D eigenvalue weighted by molar-refractivity contribution is -0.118. The molecule has 0 aliphatic heterocycles. The summed E-state index contributed by atoms with van der Waals surface area (Å²) in [6.07, 6.45) is 7.29. The summed E-state index contributed by atoms with van der Waals surface area (Å²) < 4.78 is 12.7. The fourth-order valence-electron chi connectivity index (χ4n) is 2.75. The zero-order valence-electron chi connectivity index (χ0n) is 11.0. The Morgan fingerprint density at radius 3 is 2.68 bits per heavy atom. The van der Waals surface area contributed by atoms with Crippen molar-refractivity contribution in [3.63, 3.8) is 0 Å². The zero-order valence-corrected chi connectivity index (χ0v) is 11.0. The third kappa shape index (κ3) is 3.73. The molecule has 2 rings (SSSR count). The van der Waals surface area contributed by atoms with Gasteiger partial charge >= 0.3 is 0 Å². The lowest BCUT2D eigenvalue weighted by Gasteiger charge is -2.35. The highest BCUT2D eigenvalue weighted by molar-refractivity contribution is 5.90.